The molecule has 238 valence electrons. The van der Waals surface area contributed by atoms with E-state index in [9.17, 15) is 19.1 Å². The SMILES string of the molecule is CNc1n[nH]c(-c2c[nH]c(C(=O)N[C@H](CO)c3ccc(F)c(Cl)c3)c2)c1-c1ccc(CN(C)CC(=O)C2CCC(C)N2)c(Cl)c1. The predicted octanol–water partition coefficient (Wildman–Crippen LogP) is 5.16. The molecule has 0 bridgehead atoms. The lowest BCUT2D eigenvalue weighted by atomic mass is 10.0. The van der Waals surface area contributed by atoms with Gasteiger partial charge in [-0.05, 0) is 67.8 Å². The maximum absolute atomic E-state index is 13.6. The van der Waals surface area contributed by atoms with Crippen LogP contribution >= 0.6 is 23.2 Å². The Kier molecular flexibility index (Phi) is 10.3. The zero-order valence-electron chi connectivity index (χ0n) is 25.2. The summed E-state index contributed by atoms with van der Waals surface area (Å²) in [6.07, 6.45) is 3.55. The minimum absolute atomic E-state index is 0.0928. The Labute approximate surface area is 270 Å². The first-order valence-electron chi connectivity index (χ1n) is 14.7. The molecule has 2 aromatic carbocycles. The van der Waals surface area contributed by atoms with Crippen molar-refractivity contribution in [3.63, 3.8) is 0 Å². The van der Waals surface area contributed by atoms with Crippen molar-refractivity contribution in [3.05, 3.63) is 81.3 Å². The Hall–Kier alpha value is -3.74. The number of rotatable bonds is 12. The largest absolute Gasteiger partial charge is 0.394 e. The Bertz CT molecular complexity index is 1690. The number of benzene rings is 2. The van der Waals surface area contributed by atoms with Crippen LogP contribution in [0.25, 0.3) is 22.4 Å². The van der Waals surface area contributed by atoms with Gasteiger partial charge in [0.05, 0.1) is 41.5 Å². The minimum Gasteiger partial charge on any atom is -0.394 e. The molecule has 3 atom stereocenters. The molecule has 0 spiro atoms. The van der Waals surface area contributed by atoms with Crippen LogP contribution in [-0.4, -0.2) is 76.2 Å². The van der Waals surface area contributed by atoms with E-state index in [1.165, 1.54) is 18.2 Å². The van der Waals surface area contributed by atoms with Gasteiger partial charge in [-0.15, -0.1) is 0 Å². The summed E-state index contributed by atoms with van der Waals surface area (Å²) in [5.74, 6) is -0.280. The number of carbonyl (C=O) groups excluding carboxylic acids is 2. The number of amides is 1. The standard InChI is InChI=1S/C32H36Cl2FN7O3/c1-17-4-9-25(38-17)28(44)15-42(3)14-20-6-5-19(11-22(20)33)29-30(40-41-31(29)36-2)21-12-26(37-13-21)32(45)39-27(16-43)18-7-8-24(35)23(34)10-18/h5-8,10-13,17,25,27,37-38,43H,4,9,14-16H2,1-3H3,(H,39,45)(H2,36,40,41)/t17?,25?,27-/m1/s1. The number of nitrogens with zero attached hydrogens (tertiary/aromatic N) is 2. The maximum Gasteiger partial charge on any atom is 0.268 e. The van der Waals surface area contributed by atoms with Gasteiger partial charge in [0, 0.05) is 36.4 Å². The van der Waals surface area contributed by atoms with Crippen LogP contribution in [0.5, 0.6) is 0 Å². The highest BCUT2D eigenvalue weighted by Gasteiger charge is 2.27. The molecule has 1 saturated heterocycles. The molecule has 4 aromatic rings. The first-order chi connectivity index (χ1) is 21.6. The van der Waals surface area contributed by atoms with E-state index in [2.05, 4.69) is 38.1 Å². The van der Waals surface area contributed by atoms with Crippen LogP contribution in [-0.2, 0) is 11.3 Å². The van der Waals surface area contributed by atoms with E-state index in [4.69, 9.17) is 23.2 Å². The lowest BCUT2D eigenvalue weighted by molar-refractivity contribution is -0.121. The molecule has 0 saturated carbocycles. The fourth-order valence-corrected chi connectivity index (χ4v) is 6.05. The van der Waals surface area contributed by atoms with E-state index in [1.807, 2.05) is 30.1 Å². The van der Waals surface area contributed by atoms with Crippen LogP contribution in [0.4, 0.5) is 10.2 Å². The molecule has 1 amide bonds. The average molecular weight is 657 g/mol. The van der Waals surface area contributed by atoms with Crippen LogP contribution in [0, 0.1) is 5.82 Å². The number of hydrogen-bond acceptors (Lipinski definition) is 7. The molecule has 10 nitrogen and oxygen atoms in total. The normalized spacial score (nSPS) is 17.1. The van der Waals surface area contributed by atoms with Crippen molar-refractivity contribution in [2.24, 2.45) is 0 Å². The number of halogens is 3. The molecule has 0 aliphatic carbocycles. The lowest BCUT2D eigenvalue weighted by Crippen LogP contribution is -2.40. The molecule has 1 fully saturated rings. The van der Waals surface area contributed by atoms with Gasteiger partial charge in [0.15, 0.2) is 11.6 Å². The van der Waals surface area contributed by atoms with E-state index in [0.29, 0.717) is 46.8 Å². The van der Waals surface area contributed by atoms with Gasteiger partial charge in [-0.3, -0.25) is 19.6 Å². The van der Waals surface area contributed by atoms with Crippen LogP contribution < -0.4 is 16.0 Å². The van der Waals surface area contributed by atoms with Gasteiger partial charge in [-0.1, -0.05) is 41.4 Å². The summed E-state index contributed by atoms with van der Waals surface area (Å²) in [4.78, 5) is 30.7. The topological polar surface area (TPSA) is 138 Å². The summed E-state index contributed by atoms with van der Waals surface area (Å²) in [6.45, 7) is 2.53. The van der Waals surface area contributed by atoms with Crippen molar-refractivity contribution in [2.45, 2.75) is 44.4 Å². The number of likely N-dealkylation sites (N-methyl/N-ethyl adjacent to an activating group) is 1. The van der Waals surface area contributed by atoms with Crippen molar-refractivity contribution in [1.82, 2.24) is 30.7 Å². The average Bonchev–Trinajstić information content (AvgIpc) is 3.78. The second-order valence-corrected chi connectivity index (χ2v) is 12.2. The molecule has 0 radical (unpaired) electrons. The van der Waals surface area contributed by atoms with Crippen molar-refractivity contribution < 1.29 is 19.1 Å². The highest BCUT2D eigenvalue weighted by Crippen LogP contribution is 2.38. The van der Waals surface area contributed by atoms with E-state index >= 15 is 0 Å². The summed E-state index contributed by atoms with van der Waals surface area (Å²) in [7, 11) is 3.67. The van der Waals surface area contributed by atoms with Crippen molar-refractivity contribution in [1.29, 1.82) is 0 Å². The summed E-state index contributed by atoms with van der Waals surface area (Å²) >= 11 is 12.6. The minimum atomic E-state index is -0.790. The summed E-state index contributed by atoms with van der Waals surface area (Å²) < 4.78 is 13.6. The van der Waals surface area contributed by atoms with Crippen molar-refractivity contribution >= 4 is 40.7 Å². The fourth-order valence-electron chi connectivity index (χ4n) is 5.62. The first-order valence-corrected chi connectivity index (χ1v) is 15.4. The number of carbonyl (C=O) groups is 2. The van der Waals surface area contributed by atoms with Crippen LogP contribution in [0.2, 0.25) is 10.0 Å². The third-order valence-corrected chi connectivity index (χ3v) is 8.67. The van der Waals surface area contributed by atoms with Gasteiger partial charge >= 0.3 is 0 Å². The Balaban J connectivity index is 1.31. The second kappa shape index (κ2) is 14.1. The third kappa shape index (κ3) is 7.40. The van der Waals surface area contributed by atoms with Crippen molar-refractivity contribution in [3.8, 4) is 22.4 Å². The van der Waals surface area contributed by atoms with Gasteiger partial charge < -0.3 is 26.0 Å². The number of H-pyrrole nitrogens is 2. The van der Waals surface area contributed by atoms with Crippen LogP contribution in [0.1, 0.15) is 47.4 Å². The van der Waals surface area contributed by atoms with Crippen LogP contribution in [0.3, 0.4) is 0 Å². The van der Waals surface area contributed by atoms with Gasteiger partial charge in [0.25, 0.3) is 5.91 Å². The summed E-state index contributed by atoms with van der Waals surface area (Å²) in [6, 6.07) is 10.9. The van der Waals surface area contributed by atoms with Gasteiger partial charge in [0.1, 0.15) is 11.5 Å². The Morgan fingerprint density at radius 3 is 2.60 bits per heavy atom. The van der Waals surface area contributed by atoms with E-state index in [0.717, 1.165) is 29.5 Å². The molecule has 6 N–H and O–H groups in total. The lowest BCUT2D eigenvalue weighted by Gasteiger charge is -2.19. The molecule has 5 rings (SSSR count). The number of nitrogens with one attached hydrogen (secondary N) is 5. The molecule has 1 aliphatic heterocycles. The molecular weight excluding hydrogens is 620 g/mol. The van der Waals surface area contributed by atoms with Crippen LogP contribution in [0.15, 0.2) is 48.7 Å². The molecule has 3 heterocycles. The highest BCUT2D eigenvalue weighted by molar-refractivity contribution is 6.31. The monoisotopic (exact) mass is 655 g/mol. The molecule has 13 heteroatoms. The quantitative estimate of drug-likeness (QED) is 0.124. The number of aliphatic hydroxyl groups excluding tert-OH is 1. The van der Waals surface area contributed by atoms with Gasteiger partial charge in [0.2, 0.25) is 0 Å². The third-order valence-electron chi connectivity index (χ3n) is 8.02. The second-order valence-electron chi connectivity index (χ2n) is 11.4. The summed E-state index contributed by atoms with van der Waals surface area (Å²) in [5, 5.41) is 27.0. The van der Waals surface area contributed by atoms with Gasteiger partial charge in [-0.2, -0.15) is 5.10 Å². The molecule has 2 unspecified atom stereocenters. The number of aliphatic hydroxyl groups is 1. The number of Topliss-reactive ketones (excluding diaryl/α,β-unsaturated/α-hetero) is 1. The number of aromatic nitrogens is 3. The van der Waals surface area contributed by atoms with E-state index < -0.39 is 24.4 Å². The molecule has 1 aliphatic rings. The molecule has 45 heavy (non-hydrogen) atoms. The smallest absolute Gasteiger partial charge is 0.268 e. The number of hydrogen-bond donors (Lipinski definition) is 6. The highest BCUT2D eigenvalue weighted by atomic mass is 35.5. The first kappa shape index (κ1) is 32.6. The summed E-state index contributed by atoms with van der Waals surface area (Å²) in [5.41, 5.74) is 4.50. The van der Waals surface area contributed by atoms with E-state index in [1.54, 1.807) is 19.3 Å². The molecular formula is C32H36Cl2FN7O3. The Morgan fingerprint density at radius 1 is 1.13 bits per heavy atom. The molecule has 2 aromatic heterocycles. The fraction of sp³-hybridized carbons (Fsp3) is 0.344. The zero-order chi connectivity index (χ0) is 32.2. The maximum atomic E-state index is 13.6. The van der Waals surface area contributed by atoms with Gasteiger partial charge in [-0.25, -0.2) is 4.39 Å². The zero-order valence-corrected chi connectivity index (χ0v) is 26.7. The Morgan fingerprint density at radius 2 is 1.93 bits per heavy atom. The number of aromatic amines is 2. The number of ketones is 1. The van der Waals surface area contributed by atoms with Crippen molar-refractivity contribution in [2.75, 3.05) is 32.6 Å². The predicted molar refractivity (Wildman–Crippen MR) is 174 cm³/mol. The number of anilines is 1. The van der Waals surface area contributed by atoms with E-state index in [-0.39, 0.29) is 22.5 Å².